The average Bonchev–Trinajstić information content (AvgIpc) is 3.83. The summed E-state index contributed by atoms with van der Waals surface area (Å²) in [5, 5.41) is 9.30. The zero-order chi connectivity index (χ0) is 38.8. The van der Waals surface area contributed by atoms with Gasteiger partial charge in [-0.3, -0.25) is 0 Å². The summed E-state index contributed by atoms with van der Waals surface area (Å²) in [6.45, 7) is 7.10. The van der Waals surface area contributed by atoms with Crippen LogP contribution in [0.5, 0.6) is 0 Å². The van der Waals surface area contributed by atoms with Gasteiger partial charge in [-0.1, -0.05) is 179 Å². The van der Waals surface area contributed by atoms with Gasteiger partial charge in [-0.2, -0.15) is 0 Å². The number of aliphatic imine (C=N–C) groups is 1. The van der Waals surface area contributed by atoms with Crippen LogP contribution in [-0.4, -0.2) is 10.3 Å². The van der Waals surface area contributed by atoms with E-state index in [4.69, 9.17) is 4.99 Å². The van der Waals surface area contributed by atoms with Crippen molar-refractivity contribution in [3.8, 4) is 0 Å². The van der Waals surface area contributed by atoms with Crippen LogP contribution in [0.2, 0.25) is 0 Å². The third-order valence-corrected chi connectivity index (χ3v) is 13.6. The van der Waals surface area contributed by atoms with E-state index in [-0.39, 0.29) is 17.5 Å². The molecule has 0 spiro atoms. The molecule has 8 aromatic rings. The third-order valence-electron chi connectivity index (χ3n) is 13.6. The number of aromatic nitrogens is 1. The van der Waals surface area contributed by atoms with Gasteiger partial charge < -0.3 is 9.88 Å². The molecule has 12 rings (SSSR count). The Bertz CT molecular complexity index is 3110. The number of allylic oxidation sites excluding steroid dienone is 4. The quantitative estimate of drug-likeness (QED) is 0.191. The van der Waals surface area contributed by atoms with Crippen molar-refractivity contribution in [2.75, 3.05) is 0 Å². The molecule has 0 fully saturated rings. The molecule has 2 heterocycles. The fourth-order valence-electron chi connectivity index (χ4n) is 11.1. The Morgan fingerprint density at radius 2 is 1.21 bits per heavy atom. The summed E-state index contributed by atoms with van der Waals surface area (Å²) >= 11 is 0. The predicted molar refractivity (Wildman–Crippen MR) is 241 cm³/mol. The van der Waals surface area contributed by atoms with Gasteiger partial charge >= 0.3 is 0 Å². The standard InChI is InChI=1S/C55H43N3/c1-34-30-43(49-40-25-12-16-28-45(40)55(46(49)31-34,37-20-6-4-7-21-37)38-22-8-5-9-23-38)51-53(57-52-50(56-51)41-26-13-15-27-44(41)54(52,2)3)58-47-29-17-14-24-39(47)42-32-35-18-10-11-19-36(35)33-48(42)58/h4-29,31-34,53,57H,30H2,1-3H3. The number of para-hydroxylation sites is 1. The maximum atomic E-state index is 6.01. The Balaban J connectivity index is 1.20. The molecule has 3 nitrogen and oxygen atoms in total. The summed E-state index contributed by atoms with van der Waals surface area (Å²) in [6, 6.07) is 62.9. The Hall–Kier alpha value is -6.71. The molecule has 0 saturated heterocycles. The first-order valence-electron chi connectivity index (χ1n) is 20.7. The van der Waals surface area contributed by atoms with E-state index in [1.807, 2.05) is 0 Å². The van der Waals surface area contributed by atoms with Crippen molar-refractivity contribution in [3.63, 3.8) is 0 Å². The molecule has 0 amide bonds. The van der Waals surface area contributed by atoms with Crippen molar-refractivity contribution in [1.29, 1.82) is 0 Å². The first kappa shape index (κ1) is 33.4. The highest BCUT2D eigenvalue weighted by atomic mass is 15.2. The number of hydrogen-bond donors (Lipinski definition) is 1. The van der Waals surface area contributed by atoms with Gasteiger partial charge in [0.1, 0.15) is 6.17 Å². The lowest BCUT2D eigenvalue weighted by Gasteiger charge is -2.38. The highest BCUT2D eigenvalue weighted by Crippen LogP contribution is 2.61. The van der Waals surface area contributed by atoms with E-state index >= 15 is 0 Å². The van der Waals surface area contributed by atoms with E-state index in [0.717, 1.165) is 17.8 Å². The number of nitrogens with zero attached hydrogens (tertiary/aromatic N) is 2. The van der Waals surface area contributed by atoms with Crippen LogP contribution >= 0.6 is 0 Å². The van der Waals surface area contributed by atoms with Crippen LogP contribution in [0.25, 0.3) is 43.8 Å². The molecule has 2 atom stereocenters. The van der Waals surface area contributed by atoms with Gasteiger partial charge in [0.05, 0.1) is 27.9 Å². The van der Waals surface area contributed by atoms with Crippen molar-refractivity contribution in [3.05, 3.63) is 226 Å². The number of fused-ring (bicyclic) bond motifs is 9. The molecule has 7 aromatic carbocycles. The van der Waals surface area contributed by atoms with E-state index < -0.39 is 5.41 Å². The minimum absolute atomic E-state index is 0.247. The Morgan fingerprint density at radius 3 is 1.95 bits per heavy atom. The minimum Gasteiger partial charge on any atom is -0.361 e. The zero-order valence-electron chi connectivity index (χ0n) is 33.0. The SMILES string of the molecule is CC1C=C2C(=C(C3=NC4=C(NC3n3c5ccccc5c5cc6ccccc6cc53)C(C)(C)c3ccccc34)C1)c1ccccc1C2(c1ccccc1)c1ccccc1. The number of hydrogen-bond acceptors (Lipinski definition) is 2. The maximum absolute atomic E-state index is 6.01. The Morgan fingerprint density at radius 1 is 0.603 bits per heavy atom. The summed E-state index contributed by atoms with van der Waals surface area (Å²) in [5.74, 6) is 0.281. The summed E-state index contributed by atoms with van der Waals surface area (Å²) in [5.41, 5.74) is 16.8. The Kier molecular flexibility index (Phi) is 7.00. The van der Waals surface area contributed by atoms with Gasteiger partial charge in [-0.15, -0.1) is 0 Å². The molecule has 1 aliphatic heterocycles. The zero-order valence-corrected chi connectivity index (χ0v) is 33.0. The third kappa shape index (κ3) is 4.42. The highest BCUT2D eigenvalue weighted by Gasteiger charge is 2.52. The molecule has 1 N–H and O–H groups in total. The monoisotopic (exact) mass is 745 g/mol. The normalized spacial score (nSPS) is 20.1. The van der Waals surface area contributed by atoms with Crippen molar-refractivity contribution in [2.24, 2.45) is 10.9 Å². The van der Waals surface area contributed by atoms with Crippen molar-refractivity contribution in [1.82, 2.24) is 9.88 Å². The smallest absolute Gasteiger partial charge is 0.147 e. The molecule has 4 aliphatic rings. The van der Waals surface area contributed by atoms with E-state index in [1.165, 1.54) is 88.4 Å². The van der Waals surface area contributed by atoms with E-state index in [1.54, 1.807) is 0 Å². The van der Waals surface area contributed by atoms with Crippen molar-refractivity contribution in [2.45, 2.75) is 44.2 Å². The lowest BCUT2D eigenvalue weighted by Crippen LogP contribution is -2.41. The molecule has 0 bridgehead atoms. The molecule has 58 heavy (non-hydrogen) atoms. The van der Waals surface area contributed by atoms with Gasteiger partial charge in [0, 0.05) is 27.4 Å². The number of nitrogens with one attached hydrogen (secondary N) is 1. The van der Waals surface area contributed by atoms with Crippen LogP contribution in [0, 0.1) is 5.92 Å². The second-order valence-electron chi connectivity index (χ2n) is 17.2. The van der Waals surface area contributed by atoms with Gasteiger partial charge in [0.25, 0.3) is 0 Å². The fraction of sp³-hybridized carbons (Fsp3) is 0.145. The van der Waals surface area contributed by atoms with Crippen molar-refractivity contribution < 1.29 is 0 Å². The molecule has 2 unspecified atom stereocenters. The van der Waals surface area contributed by atoms with Crippen LogP contribution in [-0.2, 0) is 10.8 Å². The summed E-state index contributed by atoms with van der Waals surface area (Å²) in [4.78, 5) is 6.01. The van der Waals surface area contributed by atoms with E-state index in [0.29, 0.717) is 0 Å². The summed E-state index contributed by atoms with van der Waals surface area (Å²) in [7, 11) is 0. The minimum atomic E-state index is -0.481. The molecular weight excluding hydrogens is 703 g/mol. The van der Waals surface area contributed by atoms with Crippen LogP contribution < -0.4 is 5.32 Å². The average molecular weight is 746 g/mol. The number of rotatable bonds is 4. The summed E-state index contributed by atoms with van der Waals surface area (Å²) in [6.07, 6.45) is 3.20. The first-order chi connectivity index (χ1) is 28.4. The topological polar surface area (TPSA) is 29.3 Å². The first-order valence-corrected chi connectivity index (χ1v) is 20.7. The Labute approximate surface area is 339 Å². The van der Waals surface area contributed by atoms with Gasteiger partial charge in [-0.05, 0) is 85.8 Å². The largest absolute Gasteiger partial charge is 0.361 e. The number of benzene rings is 7. The van der Waals surface area contributed by atoms with E-state index in [2.05, 4.69) is 207 Å². The van der Waals surface area contributed by atoms with Crippen LogP contribution in [0.4, 0.5) is 0 Å². The summed E-state index contributed by atoms with van der Waals surface area (Å²) < 4.78 is 2.57. The van der Waals surface area contributed by atoms with Gasteiger partial charge in [-0.25, -0.2) is 4.99 Å². The fourth-order valence-corrected chi connectivity index (χ4v) is 11.1. The molecule has 278 valence electrons. The molecule has 3 heteroatoms. The van der Waals surface area contributed by atoms with Crippen molar-refractivity contribution >= 4 is 49.6 Å². The van der Waals surface area contributed by atoms with Gasteiger partial charge in [0.15, 0.2) is 0 Å². The van der Waals surface area contributed by atoms with Crippen LogP contribution in [0.3, 0.4) is 0 Å². The molecule has 3 aliphatic carbocycles. The lowest BCUT2D eigenvalue weighted by molar-refractivity contribution is 0.501. The lowest BCUT2D eigenvalue weighted by atomic mass is 9.65. The van der Waals surface area contributed by atoms with E-state index in [9.17, 15) is 0 Å². The molecule has 0 radical (unpaired) electrons. The van der Waals surface area contributed by atoms with Crippen LogP contribution in [0.1, 0.15) is 66.7 Å². The van der Waals surface area contributed by atoms with Gasteiger partial charge in [0.2, 0.25) is 0 Å². The maximum Gasteiger partial charge on any atom is 0.147 e. The molecule has 0 saturated carbocycles. The second kappa shape index (κ2) is 12.1. The predicted octanol–water partition coefficient (Wildman–Crippen LogP) is 12.9. The van der Waals surface area contributed by atoms with Crippen LogP contribution in [0.15, 0.2) is 198 Å². The second-order valence-corrected chi connectivity index (χ2v) is 17.2. The highest BCUT2D eigenvalue weighted by molar-refractivity contribution is 6.19. The molecule has 1 aromatic heterocycles. The molecular formula is C55H43N3.